The number of aromatic amines is 1. The van der Waals surface area contributed by atoms with Crippen LogP contribution in [-0.2, 0) is 21.1 Å². The number of aryl methyl sites for hydroxylation is 1. The number of hydrogen-bond donors (Lipinski definition) is 4. The van der Waals surface area contributed by atoms with Gasteiger partial charge in [-0.15, -0.1) is 0 Å². The van der Waals surface area contributed by atoms with E-state index in [1.54, 1.807) is 12.1 Å². The number of rotatable bonds is 6. The van der Waals surface area contributed by atoms with Crippen LogP contribution in [0.2, 0.25) is 0 Å². The predicted molar refractivity (Wildman–Crippen MR) is 134 cm³/mol. The summed E-state index contributed by atoms with van der Waals surface area (Å²) >= 11 is 0. The van der Waals surface area contributed by atoms with Gasteiger partial charge < -0.3 is 21.1 Å². The molecule has 0 aliphatic carbocycles. The molecule has 0 radical (unpaired) electrons. The Labute approximate surface area is 214 Å². The summed E-state index contributed by atoms with van der Waals surface area (Å²) in [6, 6.07) is 14.2. The standard InChI is InChI=1S/C22H21N5O3S.C2HF3O2/c1-3-13-6-4-5-7-17(13)25-18-16(20(23)28)12-24-22-19(18)26-21(27-22)14-8-10-15(11-9-14)31(2,29)30;3-2(4,5)1(6)7/h4-12H,3H2,1-2H3,(H2,23,28)(H2,24,25,26,27);(H,6,7). The lowest BCUT2D eigenvalue weighted by molar-refractivity contribution is -0.192. The number of fused-ring (bicyclic) bond motifs is 1. The maximum Gasteiger partial charge on any atom is 0.490 e. The Morgan fingerprint density at radius 3 is 2.24 bits per heavy atom. The smallest absolute Gasteiger partial charge is 0.475 e. The summed E-state index contributed by atoms with van der Waals surface area (Å²) in [6.07, 6.45) is -1.71. The molecular formula is C24H22F3N5O5S. The molecule has 10 nitrogen and oxygen atoms in total. The third kappa shape index (κ3) is 6.45. The Morgan fingerprint density at radius 1 is 1.11 bits per heavy atom. The van der Waals surface area contributed by atoms with Gasteiger partial charge in [0.1, 0.15) is 11.3 Å². The fourth-order valence-electron chi connectivity index (χ4n) is 3.36. The molecule has 4 rings (SSSR count). The highest BCUT2D eigenvalue weighted by molar-refractivity contribution is 7.90. The second-order valence-electron chi connectivity index (χ2n) is 7.93. The zero-order valence-electron chi connectivity index (χ0n) is 20.0. The Bertz CT molecular complexity index is 1600. The van der Waals surface area contributed by atoms with E-state index in [0.29, 0.717) is 28.2 Å². The number of nitrogens with one attached hydrogen (secondary N) is 2. The fraction of sp³-hybridized carbons (Fsp3) is 0.167. The van der Waals surface area contributed by atoms with Gasteiger partial charge in [-0.1, -0.05) is 25.1 Å². The molecule has 0 atom stereocenters. The van der Waals surface area contributed by atoms with Gasteiger partial charge in [-0.3, -0.25) is 4.79 Å². The molecule has 0 aliphatic heterocycles. The molecule has 4 aromatic rings. The number of alkyl halides is 3. The zero-order valence-corrected chi connectivity index (χ0v) is 20.8. The van der Waals surface area contributed by atoms with Gasteiger partial charge in [-0.25, -0.2) is 23.2 Å². The van der Waals surface area contributed by atoms with Gasteiger partial charge in [0, 0.05) is 23.7 Å². The van der Waals surface area contributed by atoms with Crippen LogP contribution in [0.15, 0.2) is 59.6 Å². The normalized spacial score (nSPS) is 11.5. The van der Waals surface area contributed by atoms with E-state index in [1.807, 2.05) is 31.2 Å². The molecule has 0 aliphatic rings. The summed E-state index contributed by atoms with van der Waals surface area (Å²) < 4.78 is 55.2. The summed E-state index contributed by atoms with van der Waals surface area (Å²) in [5.41, 5.74) is 9.88. The number of carbonyl (C=O) groups excluding carboxylic acids is 1. The lowest BCUT2D eigenvalue weighted by atomic mass is 10.1. The number of primary amides is 1. The Morgan fingerprint density at radius 2 is 1.71 bits per heavy atom. The third-order valence-corrected chi connectivity index (χ3v) is 6.37. The number of aliphatic carboxylic acids is 1. The highest BCUT2D eigenvalue weighted by Gasteiger charge is 2.38. The maximum absolute atomic E-state index is 12.1. The van der Waals surface area contributed by atoms with E-state index < -0.39 is 27.9 Å². The van der Waals surface area contributed by atoms with Crippen molar-refractivity contribution in [2.24, 2.45) is 5.73 Å². The van der Waals surface area contributed by atoms with Crippen LogP contribution in [0.25, 0.3) is 22.6 Å². The van der Waals surface area contributed by atoms with Crippen molar-refractivity contribution >= 4 is 44.3 Å². The lowest BCUT2D eigenvalue weighted by Gasteiger charge is -2.13. The van der Waals surface area contributed by atoms with E-state index in [0.717, 1.165) is 23.9 Å². The number of nitrogens with two attached hydrogens (primary N) is 1. The van der Waals surface area contributed by atoms with Crippen molar-refractivity contribution in [1.82, 2.24) is 15.0 Å². The van der Waals surface area contributed by atoms with Crippen molar-refractivity contribution in [3.05, 3.63) is 65.9 Å². The van der Waals surface area contributed by atoms with Crippen LogP contribution < -0.4 is 11.1 Å². The second-order valence-corrected chi connectivity index (χ2v) is 9.95. The number of para-hydroxylation sites is 1. The van der Waals surface area contributed by atoms with Crippen molar-refractivity contribution in [3.8, 4) is 11.4 Å². The maximum atomic E-state index is 12.1. The molecule has 14 heteroatoms. The van der Waals surface area contributed by atoms with Crippen LogP contribution in [0.1, 0.15) is 22.8 Å². The first-order valence-electron chi connectivity index (χ1n) is 10.9. The fourth-order valence-corrected chi connectivity index (χ4v) is 3.99. The second kappa shape index (κ2) is 10.9. The largest absolute Gasteiger partial charge is 0.490 e. The number of carboxylic acid groups (broad SMARTS) is 1. The molecule has 5 N–H and O–H groups in total. The van der Waals surface area contributed by atoms with E-state index in [2.05, 4.69) is 20.3 Å². The molecule has 0 bridgehead atoms. The van der Waals surface area contributed by atoms with E-state index in [9.17, 15) is 26.4 Å². The van der Waals surface area contributed by atoms with Crippen molar-refractivity contribution in [2.45, 2.75) is 24.4 Å². The third-order valence-electron chi connectivity index (χ3n) is 5.24. The monoisotopic (exact) mass is 549 g/mol. The zero-order chi connectivity index (χ0) is 28.3. The lowest BCUT2D eigenvalue weighted by Crippen LogP contribution is -2.21. The first-order chi connectivity index (χ1) is 17.7. The number of imidazole rings is 1. The predicted octanol–water partition coefficient (Wildman–Crippen LogP) is 4.07. The first kappa shape index (κ1) is 28.1. The molecule has 0 spiro atoms. The van der Waals surface area contributed by atoms with Gasteiger partial charge in [0.15, 0.2) is 15.5 Å². The topological polar surface area (TPSA) is 168 Å². The highest BCUT2D eigenvalue weighted by Crippen LogP contribution is 2.31. The number of aromatic nitrogens is 3. The molecule has 0 saturated heterocycles. The number of pyridine rings is 1. The average Bonchev–Trinajstić information content (AvgIpc) is 3.29. The van der Waals surface area contributed by atoms with Gasteiger partial charge in [0.2, 0.25) is 0 Å². The van der Waals surface area contributed by atoms with E-state index in [4.69, 9.17) is 15.6 Å². The quantitative estimate of drug-likeness (QED) is 0.279. The summed E-state index contributed by atoms with van der Waals surface area (Å²) in [5.74, 6) is -2.87. The molecule has 200 valence electrons. The molecule has 0 unspecified atom stereocenters. The minimum atomic E-state index is -5.08. The van der Waals surface area contributed by atoms with Crippen molar-refractivity contribution in [2.75, 3.05) is 11.6 Å². The van der Waals surface area contributed by atoms with Crippen LogP contribution >= 0.6 is 0 Å². The van der Waals surface area contributed by atoms with Crippen LogP contribution in [0.4, 0.5) is 24.5 Å². The van der Waals surface area contributed by atoms with Crippen molar-refractivity contribution < 1.29 is 36.3 Å². The van der Waals surface area contributed by atoms with Gasteiger partial charge in [0.25, 0.3) is 5.91 Å². The molecule has 0 saturated carbocycles. The number of amides is 1. The van der Waals surface area contributed by atoms with Crippen LogP contribution in [0.3, 0.4) is 0 Å². The Kier molecular flexibility index (Phi) is 8.05. The van der Waals surface area contributed by atoms with Crippen LogP contribution in [-0.4, -0.2) is 52.8 Å². The molecule has 2 aromatic heterocycles. The Hall–Kier alpha value is -4.46. The van der Waals surface area contributed by atoms with Crippen LogP contribution in [0, 0.1) is 0 Å². The molecule has 1 amide bonds. The Balaban J connectivity index is 0.000000505. The van der Waals surface area contributed by atoms with E-state index in [1.165, 1.54) is 18.3 Å². The number of anilines is 2. The minimum absolute atomic E-state index is 0.222. The highest BCUT2D eigenvalue weighted by atomic mass is 32.2. The van der Waals surface area contributed by atoms with Gasteiger partial charge in [-0.05, 0) is 42.3 Å². The minimum Gasteiger partial charge on any atom is -0.475 e. The molecular weight excluding hydrogens is 527 g/mol. The van der Waals surface area contributed by atoms with E-state index in [-0.39, 0.29) is 10.5 Å². The number of carboxylic acids is 1. The number of benzene rings is 2. The number of carbonyl (C=O) groups is 2. The van der Waals surface area contributed by atoms with Crippen molar-refractivity contribution in [1.29, 1.82) is 0 Å². The average molecular weight is 550 g/mol. The number of sulfone groups is 1. The van der Waals surface area contributed by atoms with Gasteiger partial charge in [0.05, 0.1) is 16.1 Å². The van der Waals surface area contributed by atoms with Crippen LogP contribution in [0.5, 0.6) is 0 Å². The molecule has 0 fully saturated rings. The summed E-state index contributed by atoms with van der Waals surface area (Å²) in [6.45, 7) is 2.05. The summed E-state index contributed by atoms with van der Waals surface area (Å²) in [5, 5.41) is 10.4. The molecule has 2 aromatic carbocycles. The number of hydrogen-bond acceptors (Lipinski definition) is 7. The summed E-state index contributed by atoms with van der Waals surface area (Å²) in [4.78, 5) is 33.2. The number of H-pyrrole nitrogens is 1. The first-order valence-corrected chi connectivity index (χ1v) is 12.8. The molecule has 2 heterocycles. The summed E-state index contributed by atoms with van der Waals surface area (Å²) in [7, 11) is -3.29. The number of halogens is 3. The van der Waals surface area contributed by atoms with E-state index >= 15 is 0 Å². The van der Waals surface area contributed by atoms with Gasteiger partial charge >= 0.3 is 12.1 Å². The van der Waals surface area contributed by atoms with Gasteiger partial charge in [-0.2, -0.15) is 13.2 Å². The SMILES string of the molecule is CCc1ccccc1Nc1c(C(N)=O)cnc2nc(-c3ccc(S(C)(=O)=O)cc3)[nH]c12.O=C(O)C(F)(F)F. The number of nitrogens with zero attached hydrogens (tertiary/aromatic N) is 2. The molecule has 38 heavy (non-hydrogen) atoms. The van der Waals surface area contributed by atoms with Crippen molar-refractivity contribution in [3.63, 3.8) is 0 Å².